The van der Waals surface area contributed by atoms with Crippen LogP contribution in [-0.2, 0) is 10.0 Å². The summed E-state index contributed by atoms with van der Waals surface area (Å²) in [6.45, 7) is 2.94. The lowest BCUT2D eigenvalue weighted by Crippen LogP contribution is -2.38. The fraction of sp³-hybridized carbons (Fsp3) is 0.250. The van der Waals surface area contributed by atoms with Gasteiger partial charge in [-0.15, -0.1) is 0 Å². The van der Waals surface area contributed by atoms with E-state index in [4.69, 9.17) is 5.26 Å². The second-order valence-corrected chi connectivity index (χ2v) is 10.7. The number of nitrogens with one attached hydrogen (secondary N) is 2. The molecular formula is C28H28N4O4S. The molecule has 2 amide bonds. The second kappa shape index (κ2) is 10.8. The van der Waals surface area contributed by atoms with Crippen LogP contribution in [0.25, 0.3) is 0 Å². The molecule has 0 saturated carbocycles. The van der Waals surface area contributed by atoms with E-state index in [0.717, 1.165) is 12.8 Å². The summed E-state index contributed by atoms with van der Waals surface area (Å²) in [5.74, 6) is -0.216. The number of amides is 2. The maximum Gasteiger partial charge on any atom is 0.261 e. The lowest BCUT2D eigenvalue weighted by Gasteiger charge is -2.32. The van der Waals surface area contributed by atoms with Gasteiger partial charge in [0, 0.05) is 31.3 Å². The van der Waals surface area contributed by atoms with E-state index in [1.54, 1.807) is 30.0 Å². The number of hydrogen-bond acceptors (Lipinski definition) is 5. The monoisotopic (exact) mass is 516 g/mol. The topological polar surface area (TPSA) is 119 Å². The van der Waals surface area contributed by atoms with Crippen LogP contribution >= 0.6 is 0 Å². The third kappa shape index (κ3) is 5.81. The zero-order valence-corrected chi connectivity index (χ0v) is 21.5. The third-order valence-electron chi connectivity index (χ3n) is 6.66. The first-order valence-corrected chi connectivity index (χ1v) is 13.4. The highest BCUT2D eigenvalue weighted by Crippen LogP contribution is 2.30. The van der Waals surface area contributed by atoms with E-state index in [9.17, 15) is 18.0 Å². The number of sulfonamides is 1. The van der Waals surface area contributed by atoms with E-state index in [-0.39, 0.29) is 22.3 Å². The van der Waals surface area contributed by atoms with E-state index in [0.29, 0.717) is 41.4 Å². The van der Waals surface area contributed by atoms with Crippen molar-refractivity contribution in [3.63, 3.8) is 0 Å². The summed E-state index contributed by atoms with van der Waals surface area (Å²) >= 11 is 0. The molecule has 0 aliphatic carbocycles. The maximum atomic E-state index is 13.2. The Morgan fingerprint density at radius 1 is 0.973 bits per heavy atom. The summed E-state index contributed by atoms with van der Waals surface area (Å²) in [7, 11) is -2.51. The van der Waals surface area contributed by atoms with Crippen LogP contribution in [0.2, 0.25) is 0 Å². The van der Waals surface area contributed by atoms with Crippen LogP contribution in [0.15, 0.2) is 71.6 Å². The van der Waals surface area contributed by atoms with Crippen LogP contribution < -0.4 is 10.0 Å². The number of benzene rings is 3. The minimum atomic E-state index is -3.99. The van der Waals surface area contributed by atoms with Gasteiger partial charge in [0.1, 0.15) is 0 Å². The normalized spacial score (nSPS) is 14.0. The Morgan fingerprint density at radius 2 is 1.68 bits per heavy atom. The van der Waals surface area contributed by atoms with Gasteiger partial charge in [0.05, 0.1) is 22.2 Å². The van der Waals surface area contributed by atoms with Crippen molar-refractivity contribution in [1.82, 2.24) is 10.2 Å². The van der Waals surface area contributed by atoms with Gasteiger partial charge in [-0.1, -0.05) is 24.3 Å². The molecule has 8 nitrogen and oxygen atoms in total. The minimum Gasteiger partial charge on any atom is -0.355 e. The average Bonchev–Trinajstić information content (AvgIpc) is 2.93. The number of rotatable bonds is 6. The van der Waals surface area contributed by atoms with Crippen LogP contribution in [0.4, 0.5) is 5.69 Å². The van der Waals surface area contributed by atoms with Crippen LogP contribution in [-0.4, -0.2) is 45.3 Å². The number of hydrogen-bond donors (Lipinski definition) is 2. The Hall–Kier alpha value is -4.16. The fourth-order valence-electron chi connectivity index (χ4n) is 4.45. The first-order valence-electron chi connectivity index (χ1n) is 12.0. The Morgan fingerprint density at radius 3 is 2.32 bits per heavy atom. The first kappa shape index (κ1) is 25.9. The van der Waals surface area contributed by atoms with Crippen molar-refractivity contribution in [3.8, 4) is 6.07 Å². The Bertz CT molecular complexity index is 1470. The molecule has 0 atom stereocenters. The predicted molar refractivity (Wildman–Crippen MR) is 141 cm³/mol. The van der Waals surface area contributed by atoms with E-state index >= 15 is 0 Å². The maximum absolute atomic E-state index is 13.2. The molecule has 37 heavy (non-hydrogen) atoms. The molecule has 4 rings (SSSR count). The van der Waals surface area contributed by atoms with Crippen molar-refractivity contribution in [1.29, 1.82) is 5.26 Å². The van der Waals surface area contributed by atoms with Gasteiger partial charge in [-0.3, -0.25) is 14.3 Å². The first-order chi connectivity index (χ1) is 17.7. The highest BCUT2D eigenvalue weighted by molar-refractivity contribution is 7.92. The smallest absolute Gasteiger partial charge is 0.261 e. The largest absolute Gasteiger partial charge is 0.355 e. The Kier molecular flexibility index (Phi) is 7.60. The van der Waals surface area contributed by atoms with E-state index in [1.807, 2.05) is 24.3 Å². The van der Waals surface area contributed by atoms with Gasteiger partial charge in [-0.25, -0.2) is 8.42 Å². The van der Waals surface area contributed by atoms with E-state index < -0.39 is 10.0 Å². The minimum absolute atomic E-state index is 0.0467. The van der Waals surface area contributed by atoms with Crippen molar-refractivity contribution in [2.75, 3.05) is 24.9 Å². The van der Waals surface area contributed by atoms with Crippen LogP contribution in [0.1, 0.15) is 56.2 Å². The van der Waals surface area contributed by atoms with Gasteiger partial charge < -0.3 is 10.2 Å². The predicted octanol–water partition coefficient (Wildman–Crippen LogP) is 4.05. The molecule has 0 aromatic heterocycles. The van der Waals surface area contributed by atoms with Gasteiger partial charge in [0.15, 0.2) is 0 Å². The highest BCUT2D eigenvalue weighted by Gasteiger charge is 2.25. The number of anilines is 1. The van der Waals surface area contributed by atoms with Gasteiger partial charge >= 0.3 is 0 Å². The Balaban J connectivity index is 1.47. The summed E-state index contributed by atoms with van der Waals surface area (Å²) < 4.78 is 28.7. The van der Waals surface area contributed by atoms with Crippen molar-refractivity contribution in [3.05, 3.63) is 94.5 Å². The SMILES string of the molecule is CNC(=O)c1cccc(S(=O)(=O)Nc2cc(C(=O)N3CCC(c4ccc(C#N)cc4)CC3)ccc2C)c1. The van der Waals surface area contributed by atoms with Crippen molar-refractivity contribution >= 4 is 27.5 Å². The molecule has 1 saturated heterocycles. The quantitative estimate of drug-likeness (QED) is 0.512. The Labute approximate surface area is 217 Å². The molecule has 0 bridgehead atoms. The van der Waals surface area contributed by atoms with Gasteiger partial charge in [0.2, 0.25) is 0 Å². The van der Waals surface area contributed by atoms with E-state index in [1.165, 1.54) is 36.9 Å². The zero-order chi connectivity index (χ0) is 26.6. The highest BCUT2D eigenvalue weighted by atomic mass is 32.2. The number of nitriles is 1. The molecule has 1 aliphatic heterocycles. The average molecular weight is 517 g/mol. The van der Waals surface area contributed by atoms with Gasteiger partial charge in [-0.05, 0) is 79.3 Å². The molecule has 0 radical (unpaired) electrons. The van der Waals surface area contributed by atoms with Gasteiger partial charge in [-0.2, -0.15) is 5.26 Å². The standard InChI is InChI=1S/C28H28N4O4S/c1-19-6-9-24(17-26(19)31-37(35,36)25-5-3-4-23(16-25)27(33)30-2)28(34)32-14-12-22(13-15-32)21-10-7-20(18-29)8-11-21/h3-11,16-17,22,31H,12-15H2,1-2H3,(H,30,33). The molecule has 3 aromatic carbocycles. The van der Waals surface area contributed by atoms with Crippen LogP contribution in [0.5, 0.6) is 0 Å². The molecule has 1 aliphatic rings. The summed E-state index contributed by atoms with van der Waals surface area (Å²) in [6, 6.07) is 20.5. The lowest BCUT2D eigenvalue weighted by molar-refractivity contribution is 0.0713. The number of piperidine rings is 1. The molecule has 1 heterocycles. The summed E-state index contributed by atoms with van der Waals surface area (Å²) in [6.07, 6.45) is 1.62. The van der Waals surface area contributed by atoms with Crippen molar-refractivity contribution in [2.24, 2.45) is 0 Å². The molecular weight excluding hydrogens is 488 g/mol. The zero-order valence-electron chi connectivity index (χ0n) is 20.7. The number of likely N-dealkylation sites (tertiary alicyclic amines) is 1. The molecule has 2 N–H and O–H groups in total. The number of nitrogens with zero attached hydrogens (tertiary/aromatic N) is 2. The second-order valence-electron chi connectivity index (χ2n) is 9.04. The molecule has 0 spiro atoms. The molecule has 190 valence electrons. The number of carbonyl (C=O) groups is 2. The summed E-state index contributed by atoms with van der Waals surface area (Å²) in [5.41, 5.74) is 3.40. The van der Waals surface area contributed by atoms with Crippen molar-refractivity contribution < 1.29 is 18.0 Å². The van der Waals surface area contributed by atoms with Crippen LogP contribution in [0, 0.1) is 18.3 Å². The van der Waals surface area contributed by atoms with Crippen molar-refractivity contribution in [2.45, 2.75) is 30.6 Å². The third-order valence-corrected chi connectivity index (χ3v) is 8.02. The molecule has 9 heteroatoms. The summed E-state index contributed by atoms with van der Waals surface area (Å²) in [5, 5.41) is 11.5. The number of aryl methyl sites for hydroxylation is 1. The van der Waals surface area contributed by atoms with Crippen LogP contribution in [0.3, 0.4) is 0 Å². The van der Waals surface area contributed by atoms with Gasteiger partial charge in [0.25, 0.3) is 21.8 Å². The fourth-order valence-corrected chi connectivity index (χ4v) is 5.61. The summed E-state index contributed by atoms with van der Waals surface area (Å²) in [4.78, 5) is 26.9. The number of carbonyl (C=O) groups excluding carboxylic acids is 2. The van der Waals surface area contributed by atoms with E-state index in [2.05, 4.69) is 16.1 Å². The molecule has 0 unspecified atom stereocenters. The molecule has 3 aromatic rings. The lowest BCUT2D eigenvalue weighted by atomic mass is 9.89. The molecule has 1 fully saturated rings.